The summed E-state index contributed by atoms with van der Waals surface area (Å²) in [5.74, 6) is 2.94. The summed E-state index contributed by atoms with van der Waals surface area (Å²) in [4.78, 5) is 9.48. The lowest BCUT2D eigenvalue weighted by Gasteiger charge is -2.38. The van der Waals surface area contributed by atoms with Crippen molar-refractivity contribution >= 4 is 6.29 Å². The van der Waals surface area contributed by atoms with Crippen molar-refractivity contribution in [3.05, 3.63) is 41.7 Å². The quantitative estimate of drug-likeness (QED) is 0.266. The number of unbranched alkanes of at least 4 members (excludes halogenated alkanes) is 2. The summed E-state index contributed by atoms with van der Waals surface area (Å²) in [7, 11) is 0. The van der Waals surface area contributed by atoms with Crippen molar-refractivity contribution in [3.8, 4) is 5.75 Å². The zero-order valence-electron chi connectivity index (χ0n) is 19.2. The van der Waals surface area contributed by atoms with Gasteiger partial charge in [0.1, 0.15) is 17.9 Å². The van der Waals surface area contributed by atoms with E-state index >= 15 is 0 Å². The molecule has 0 atom stereocenters. The number of aliphatic hydroxyl groups excluding tert-OH is 1. The smallest absolute Gasteiger partial charge is 0.147 e. The van der Waals surface area contributed by atoms with Crippen molar-refractivity contribution in [2.24, 2.45) is 17.8 Å². The molecular formula is C27H41FO3. The van der Waals surface area contributed by atoms with Gasteiger partial charge in [-0.2, -0.15) is 0 Å². The Labute approximate surface area is 187 Å². The molecule has 2 aliphatic carbocycles. The number of hydrogen-bond donors (Lipinski definition) is 2. The number of aromatic hydroxyl groups is 1. The van der Waals surface area contributed by atoms with Crippen LogP contribution in [0.5, 0.6) is 5.75 Å². The second kappa shape index (κ2) is 13.7. The summed E-state index contributed by atoms with van der Waals surface area (Å²) in [5, 5.41) is 17.4. The van der Waals surface area contributed by atoms with Crippen molar-refractivity contribution in [2.45, 2.75) is 89.9 Å². The van der Waals surface area contributed by atoms with Gasteiger partial charge < -0.3 is 10.2 Å². The number of carbonyl (C=O) groups excluding carboxylic acids is 1. The van der Waals surface area contributed by atoms with Crippen molar-refractivity contribution in [1.29, 1.82) is 0 Å². The Morgan fingerprint density at radius 1 is 1.06 bits per heavy atom. The summed E-state index contributed by atoms with van der Waals surface area (Å²) in [6.45, 7) is 5.23. The van der Waals surface area contributed by atoms with Gasteiger partial charge in [-0.05, 0) is 73.8 Å². The predicted octanol–water partition coefficient (Wildman–Crippen LogP) is 6.93. The van der Waals surface area contributed by atoms with Gasteiger partial charge in [0, 0.05) is 11.6 Å². The second-order valence-electron chi connectivity index (χ2n) is 9.53. The molecule has 2 saturated carbocycles. The number of benzene rings is 1. The Bertz CT molecular complexity index is 671. The fraction of sp³-hybridized carbons (Fsp3) is 0.667. The highest BCUT2D eigenvalue weighted by molar-refractivity contribution is 5.72. The van der Waals surface area contributed by atoms with Gasteiger partial charge in [-0.1, -0.05) is 58.1 Å². The third-order valence-corrected chi connectivity index (χ3v) is 7.34. The molecule has 4 heteroatoms. The first-order valence-electron chi connectivity index (χ1n) is 12.2. The van der Waals surface area contributed by atoms with Gasteiger partial charge in [-0.3, -0.25) is 4.79 Å². The minimum atomic E-state index is -0.233. The fourth-order valence-electron chi connectivity index (χ4n) is 5.42. The normalized spacial score (nSPS) is 25.9. The van der Waals surface area contributed by atoms with E-state index in [2.05, 4.69) is 13.5 Å². The van der Waals surface area contributed by atoms with Crippen LogP contribution in [-0.2, 0) is 4.79 Å². The Hall–Kier alpha value is -1.68. The van der Waals surface area contributed by atoms with Gasteiger partial charge >= 0.3 is 0 Å². The molecule has 174 valence electrons. The van der Waals surface area contributed by atoms with Gasteiger partial charge in [-0.15, -0.1) is 0 Å². The number of carbonyl (C=O) groups is 1. The molecule has 3 rings (SSSR count). The summed E-state index contributed by atoms with van der Waals surface area (Å²) in [6, 6.07) is 4.68. The molecular weight excluding hydrogens is 391 g/mol. The lowest BCUT2D eigenvalue weighted by molar-refractivity contribution is -0.105. The number of rotatable bonds is 8. The Morgan fingerprint density at radius 3 is 2.16 bits per heavy atom. The minimum Gasteiger partial charge on any atom is -0.508 e. The number of phenols is 1. The van der Waals surface area contributed by atoms with Gasteiger partial charge in [0.15, 0.2) is 0 Å². The van der Waals surface area contributed by atoms with Crippen molar-refractivity contribution in [1.82, 2.24) is 0 Å². The van der Waals surface area contributed by atoms with E-state index in [1.165, 1.54) is 70.3 Å². The molecule has 0 radical (unpaired) electrons. The van der Waals surface area contributed by atoms with Crippen molar-refractivity contribution < 1.29 is 19.4 Å². The molecule has 2 fully saturated rings. The predicted molar refractivity (Wildman–Crippen MR) is 125 cm³/mol. The number of hydrogen-bond acceptors (Lipinski definition) is 3. The number of aldehydes is 1. The van der Waals surface area contributed by atoms with Crippen LogP contribution in [0, 0.1) is 23.6 Å². The van der Waals surface area contributed by atoms with Crippen molar-refractivity contribution in [3.63, 3.8) is 0 Å². The van der Waals surface area contributed by atoms with Gasteiger partial charge in [0.2, 0.25) is 0 Å². The fourth-order valence-corrected chi connectivity index (χ4v) is 5.42. The van der Waals surface area contributed by atoms with Crippen LogP contribution >= 0.6 is 0 Å². The third-order valence-electron chi connectivity index (χ3n) is 7.34. The summed E-state index contributed by atoms with van der Waals surface area (Å²) >= 11 is 0. The van der Waals surface area contributed by atoms with Crippen LogP contribution in [0.3, 0.4) is 0 Å². The molecule has 2 N–H and O–H groups in total. The number of halogens is 1. The highest BCUT2D eigenvalue weighted by atomic mass is 19.1. The van der Waals surface area contributed by atoms with Gasteiger partial charge in [-0.25, -0.2) is 4.39 Å². The molecule has 0 aliphatic heterocycles. The van der Waals surface area contributed by atoms with E-state index in [0.717, 1.165) is 36.2 Å². The zero-order chi connectivity index (χ0) is 22.6. The molecule has 0 aromatic heterocycles. The minimum absolute atomic E-state index is 0.0330. The first-order chi connectivity index (χ1) is 15.0. The van der Waals surface area contributed by atoms with E-state index in [1.807, 2.05) is 0 Å². The second-order valence-corrected chi connectivity index (χ2v) is 9.53. The topological polar surface area (TPSA) is 57.5 Å². The first-order valence-corrected chi connectivity index (χ1v) is 12.2. The van der Waals surface area contributed by atoms with Crippen molar-refractivity contribution in [2.75, 3.05) is 6.61 Å². The number of phenolic OH excluding ortho intramolecular Hbond substituents is 1. The van der Waals surface area contributed by atoms with Crippen LogP contribution in [0.25, 0.3) is 0 Å². The van der Waals surface area contributed by atoms with Crippen LogP contribution in [0.4, 0.5) is 4.39 Å². The molecule has 0 amide bonds. The molecule has 31 heavy (non-hydrogen) atoms. The summed E-state index contributed by atoms with van der Waals surface area (Å²) < 4.78 is 14.1. The van der Waals surface area contributed by atoms with Crippen LogP contribution in [0.15, 0.2) is 30.4 Å². The largest absolute Gasteiger partial charge is 0.508 e. The Kier molecular flexibility index (Phi) is 11.3. The first kappa shape index (κ1) is 25.6. The standard InChI is InChI=1S/C23H35FO.C4H6O2/c1-2-3-4-5-17-6-8-18(9-7-17)19-10-12-20(13-11-19)22-15-14-21(25)16-23(22)24;1-4(2-5)3-6/h14-20,25H,2-13H2,1H3;2,6H,1,3H2. The van der Waals surface area contributed by atoms with Gasteiger partial charge in [0.05, 0.1) is 6.61 Å². The van der Waals surface area contributed by atoms with Crippen LogP contribution < -0.4 is 0 Å². The molecule has 1 aromatic carbocycles. The molecule has 0 heterocycles. The van der Waals surface area contributed by atoms with Gasteiger partial charge in [0.25, 0.3) is 0 Å². The highest BCUT2D eigenvalue weighted by Gasteiger charge is 2.31. The van der Waals surface area contributed by atoms with Crippen LogP contribution in [0.2, 0.25) is 0 Å². The van der Waals surface area contributed by atoms with E-state index in [4.69, 9.17) is 5.11 Å². The highest BCUT2D eigenvalue weighted by Crippen LogP contribution is 2.45. The molecule has 2 aliphatic rings. The molecule has 3 nitrogen and oxygen atoms in total. The van der Waals surface area contributed by atoms with E-state index in [0.29, 0.717) is 12.2 Å². The summed E-state index contributed by atoms with van der Waals surface area (Å²) in [5.41, 5.74) is 1.03. The van der Waals surface area contributed by atoms with Crippen LogP contribution in [-0.4, -0.2) is 23.1 Å². The maximum atomic E-state index is 14.1. The lowest BCUT2D eigenvalue weighted by Crippen LogP contribution is -2.25. The zero-order valence-corrected chi connectivity index (χ0v) is 19.2. The number of aliphatic hydroxyl groups is 1. The monoisotopic (exact) mass is 432 g/mol. The van der Waals surface area contributed by atoms with Crippen LogP contribution in [0.1, 0.15) is 95.5 Å². The Morgan fingerprint density at radius 2 is 1.68 bits per heavy atom. The molecule has 1 aromatic rings. The third kappa shape index (κ3) is 8.40. The van der Waals surface area contributed by atoms with E-state index < -0.39 is 0 Å². The van der Waals surface area contributed by atoms with E-state index in [1.54, 1.807) is 12.1 Å². The maximum absolute atomic E-state index is 14.1. The maximum Gasteiger partial charge on any atom is 0.147 e. The molecule has 0 saturated heterocycles. The molecule has 0 bridgehead atoms. The summed E-state index contributed by atoms with van der Waals surface area (Å²) in [6.07, 6.45) is 16.6. The van der Waals surface area contributed by atoms with E-state index in [-0.39, 0.29) is 23.7 Å². The average Bonchev–Trinajstić information content (AvgIpc) is 2.80. The Balaban J connectivity index is 0.000000501. The molecule has 0 unspecified atom stereocenters. The van der Waals surface area contributed by atoms with E-state index in [9.17, 15) is 14.3 Å². The lowest BCUT2D eigenvalue weighted by atomic mass is 9.68. The SMILES string of the molecule is C=C(C=O)CO.CCCCCC1CCC(C2CCC(c3ccc(O)cc3F)CC2)CC1. The molecule has 0 spiro atoms. The average molecular weight is 433 g/mol.